The van der Waals surface area contributed by atoms with Crippen LogP contribution in [0, 0.1) is 13.8 Å². The molecule has 1 saturated heterocycles. The van der Waals surface area contributed by atoms with Gasteiger partial charge >= 0.3 is 18.3 Å². The van der Waals surface area contributed by atoms with Crippen molar-refractivity contribution in [2.75, 3.05) is 31.1 Å². The van der Waals surface area contributed by atoms with Crippen LogP contribution in [-0.2, 0) is 20.9 Å². The zero-order valence-electron chi connectivity index (χ0n) is 26.2. The Balaban J connectivity index is 1.36. The SMILES string of the molecule is Cc1cc2c(cc1C(=O)N(C(C)C)[C@@H]1CCCN(C(=O)OCc3oc(=O)oc3C)C1)N(CCNC(=O)C(F)F)C(=O)C1(CCC1)O2. The summed E-state index contributed by atoms with van der Waals surface area (Å²) in [6.45, 7) is 7.10. The van der Waals surface area contributed by atoms with Gasteiger partial charge in [-0.1, -0.05) is 0 Å². The molecule has 0 unspecified atom stereocenters. The number of halogens is 2. The van der Waals surface area contributed by atoms with Gasteiger partial charge in [0, 0.05) is 37.8 Å². The van der Waals surface area contributed by atoms with E-state index in [2.05, 4.69) is 5.32 Å². The number of fused-ring (bicyclic) bond motifs is 1. The summed E-state index contributed by atoms with van der Waals surface area (Å²) in [7, 11) is 0. The highest BCUT2D eigenvalue weighted by molar-refractivity contribution is 6.05. The first-order valence-corrected chi connectivity index (χ1v) is 15.4. The molecular weight excluding hydrogens is 610 g/mol. The Morgan fingerprint density at radius 1 is 1.13 bits per heavy atom. The molecular formula is C31H38F2N4O9. The number of carbonyl (C=O) groups is 4. The number of carbonyl (C=O) groups excluding carboxylic acids is 4. The third-order valence-corrected chi connectivity index (χ3v) is 8.76. The van der Waals surface area contributed by atoms with Gasteiger partial charge in [-0.3, -0.25) is 14.4 Å². The van der Waals surface area contributed by atoms with E-state index in [0.717, 1.165) is 6.42 Å². The van der Waals surface area contributed by atoms with Crippen molar-refractivity contribution in [3.63, 3.8) is 0 Å². The van der Waals surface area contributed by atoms with Crippen LogP contribution in [0.2, 0.25) is 0 Å². The third-order valence-electron chi connectivity index (χ3n) is 8.76. The molecule has 13 nitrogen and oxygen atoms in total. The lowest BCUT2D eigenvalue weighted by molar-refractivity contribution is -0.143. The van der Waals surface area contributed by atoms with Crippen LogP contribution in [0.3, 0.4) is 0 Å². The molecule has 1 atom stereocenters. The predicted octanol–water partition coefficient (Wildman–Crippen LogP) is 3.53. The maximum atomic E-state index is 14.2. The van der Waals surface area contributed by atoms with Gasteiger partial charge in [0.2, 0.25) is 0 Å². The number of amides is 4. The number of benzene rings is 1. The molecule has 15 heteroatoms. The van der Waals surface area contributed by atoms with Gasteiger partial charge in [0.1, 0.15) is 5.75 Å². The number of likely N-dealkylation sites (tertiary alicyclic amines) is 1. The van der Waals surface area contributed by atoms with E-state index >= 15 is 0 Å². The number of piperidine rings is 1. The molecule has 1 saturated carbocycles. The fourth-order valence-corrected chi connectivity index (χ4v) is 6.24. The Kier molecular flexibility index (Phi) is 9.40. The topological polar surface area (TPSA) is 152 Å². The highest BCUT2D eigenvalue weighted by Crippen LogP contribution is 2.47. The summed E-state index contributed by atoms with van der Waals surface area (Å²) in [6.07, 6.45) is -0.758. The van der Waals surface area contributed by atoms with E-state index in [9.17, 15) is 32.8 Å². The summed E-state index contributed by atoms with van der Waals surface area (Å²) in [4.78, 5) is 68.1. The van der Waals surface area contributed by atoms with Gasteiger partial charge in [-0.15, -0.1) is 0 Å². The number of nitrogens with one attached hydrogen (secondary N) is 1. The van der Waals surface area contributed by atoms with Crippen LogP contribution >= 0.6 is 0 Å². The molecule has 1 aromatic heterocycles. The molecule has 1 spiro atoms. The summed E-state index contributed by atoms with van der Waals surface area (Å²) in [5, 5.41) is 2.14. The van der Waals surface area contributed by atoms with Crippen molar-refractivity contribution in [2.24, 2.45) is 0 Å². The van der Waals surface area contributed by atoms with Crippen molar-refractivity contribution in [1.29, 1.82) is 0 Å². The van der Waals surface area contributed by atoms with E-state index in [-0.39, 0.29) is 61.7 Å². The lowest BCUT2D eigenvalue weighted by atomic mass is 9.77. The second-order valence-corrected chi connectivity index (χ2v) is 12.2. The van der Waals surface area contributed by atoms with E-state index in [1.54, 1.807) is 24.0 Å². The summed E-state index contributed by atoms with van der Waals surface area (Å²) < 4.78 is 46.8. The van der Waals surface area contributed by atoms with Crippen LogP contribution in [0.5, 0.6) is 5.75 Å². The third kappa shape index (κ3) is 6.44. The molecule has 3 heterocycles. The Hall–Kier alpha value is -4.43. The molecule has 1 aliphatic carbocycles. The highest BCUT2D eigenvalue weighted by Gasteiger charge is 2.53. The van der Waals surface area contributed by atoms with Crippen molar-refractivity contribution < 1.29 is 46.3 Å². The molecule has 1 N–H and O–H groups in total. The van der Waals surface area contributed by atoms with Crippen molar-refractivity contribution in [3.8, 4) is 5.75 Å². The number of anilines is 1. The number of ether oxygens (including phenoxy) is 2. The van der Waals surface area contributed by atoms with Gasteiger partial charge in [-0.2, -0.15) is 8.78 Å². The quantitative estimate of drug-likeness (QED) is 0.431. The summed E-state index contributed by atoms with van der Waals surface area (Å²) in [6, 6.07) is 2.67. The van der Waals surface area contributed by atoms with E-state index in [0.29, 0.717) is 54.8 Å². The minimum Gasteiger partial charge on any atom is -0.475 e. The first kappa shape index (κ1) is 32.9. The molecule has 0 radical (unpaired) electrons. The second kappa shape index (κ2) is 13.1. The Morgan fingerprint density at radius 3 is 2.48 bits per heavy atom. The minimum absolute atomic E-state index is 0.0819. The van der Waals surface area contributed by atoms with E-state index < -0.39 is 29.8 Å². The van der Waals surface area contributed by atoms with Gasteiger partial charge in [-0.25, -0.2) is 9.59 Å². The first-order valence-electron chi connectivity index (χ1n) is 15.4. The molecule has 2 aromatic rings. The number of alkyl halides is 2. The fraction of sp³-hybridized carbons (Fsp3) is 0.581. The van der Waals surface area contributed by atoms with Crippen molar-refractivity contribution in [2.45, 2.75) is 90.5 Å². The first-order chi connectivity index (χ1) is 21.8. The predicted molar refractivity (Wildman–Crippen MR) is 158 cm³/mol. The molecule has 2 aliphatic heterocycles. The number of hydrogen-bond acceptors (Lipinski definition) is 9. The Labute approximate surface area is 263 Å². The molecule has 2 fully saturated rings. The summed E-state index contributed by atoms with van der Waals surface area (Å²) in [5.41, 5.74) is 0.207. The van der Waals surface area contributed by atoms with Gasteiger partial charge in [0.25, 0.3) is 17.7 Å². The Bertz CT molecular complexity index is 1570. The number of rotatable bonds is 9. The number of aryl methyl sites for hydroxylation is 2. The highest BCUT2D eigenvalue weighted by atomic mass is 19.3. The summed E-state index contributed by atoms with van der Waals surface area (Å²) in [5.74, 6) is -2.23. The smallest absolute Gasteiger partial charge is 0.475 e. The maximum absolute atomic E-state index is 14.2. The zero-order chi connectivity index (χ0) is 33.3. The van der Waals surface area contributed by atoms with E-state index in [4.69, 9.17) is 18.3 Å². The van der Waals surface area contributed by atoms with Gasteiger partial charge in [0.05, 0.1) is 11.7 Å². The van der Waals surface area contributed by atoms with Crippen LogP contribution in [0.15, 0.2) is 25.8 Å². The lowest BCUT2D eigenvalue weighted by Gasteiger charge is -2.47. The van der Waals surface area contributed by atoms with E-state index in [1.807, 2.05) is 13.8 Å². The average molecular weight is 649 g/mol. The second-order valence-electron chi connectivity index (χ2n) is 12.2. The van der Waals surface area contributed by atoms with Crippen molar-refractivity contribution >= 4 is 29.5 Å². The number of hydrogen-bond donors (Lipinski definition) is 1. The van der Waals surface area contributed by atoms with Crippen LogP contribution in [0.1, 0.15) is 73.4 Å². The molecule has 4 amide bonds. The molecule has 0 bridgehead atoms. The monoisotopic (exact) mass is 648 g/mol. The normalized spacial score (nSPS) is 18.7. The van der Waals surface area contributed by atoms with Gasteiger partial charge in [-0.05, 0) is 77.5 Å². The minimum atomic E-state index is -3.18. The van der Waals surface area contributed by atoms with Crippen LogP contribution in [0.25, 0.3) is 0 Å². The molecule has 5 rings (SSSR count). The van der Waals surface area contributed by atoms with Crippen LogP contribution < -0.4 is 20.8 Å². The maximum Gasteiger partial charge on any atom is 0.519 e. The molecule has 250 valence electrons. The van der Waals surface area contributed by atoms with Crippen molar-refractivity contribution in [3.05, 3.63) is 45.4 Å². The lowest BCUT2D eigenvalue weighted by Crippen LogP contribution is -2.61. The average Bonchev–Trinajstić information content (AvgIpc) is 3.31. The molecule has 46 heavy (non-hydrogen) atoms. The standard InChI is InChI=1S/C31H38F2N4O9/c1-17(2)37(20-7-5-11-35(15-20)29(41)43-16-24-19(4)44-30(42)45-24)27(39)21-14-22-23(13-18(21)3)46-31(8-6-9-31)28(40)36(22)12-10-34-26(38)25(32)33/h13-14,17,20,25H,5-12,15-16H2,1-4H3,(H,34,38)/t20-/m1/s1. The Morgan fingerprint density at radius 2 is 1.87 bits per heavy atom. The number of nitrogens with zero attached hydrogens (tertiary/aromatic N) is 3. The van der Waals surface area contributed by atoms with Crippen LogP contribution in [0.4, 0.5) is 19.3 Å². The summed E-state index contributed by atoms with van der Waals surface area (Å²) >= 11 is 0. The van der Waals surface area contributed by atoms with Crippen LogP contribution in [-0.4, -0.2) is 83.9 Å². The zero-order valence-corrected chi connectivity index (χ0v) is 26.2. The van der Waals surface area contributed by atoms with E-state index in [1.165, 1.54) is 16.7 Å². The van der Waals surface area contributed by atoms with Gasteiger partial charge < -0.3 is 38.3 Å². The molecule has 1 aromatic carbocycles. The largest absolute Gasteiger partial charge is 0.519 e. The molecule has 3 aliphatic rings. The van der Waals surface area contributed by atoms with Crippen molar-refractivity contribution in [1.82, 2.24) is 15.1 Å². The van der Waals surface area contributed by atoms with Gasteiger partial charge in [0.15, 0.2) is 23.7 Å². The fourth-order valence-electron chi connectivity index (χ4n) is 6.24.